The van der Waals surface area contributed by atoms with E-state index in [0.29, 0.717) is 6.04 Å². The van der Waals surface area contributed by atoms with Crippen molar-refractivity contribution in [2.75, 3.05) is 13.6 Å². The maximum Gasteiger partial charge on any atom is 0.0674 e. The second-order valence-electron chi connectivity index (χ2n) is 4.98. The number of aromatic nitrogens is 1. The predicted molar refractivity (Wildman–Crippen MR) is 79.6 cm³/mol. The molecule has 2 aromatic rings. The number of rotatable bonds is 5. The maximum atomic E-state index is 6.35. The third-order valence-corrected chi connectivity index (χ3v) is 3.57. The minimum Gasteiger partial charge on any atom is -0.341 e. The van der Waals surface area contributed by atoms with E-state index < -0.39 is 0 Å². The molecule has 0 aliphatic heterocycles. The van der Waals surface area contributed by atoms with Gasteiger partial charge in [0, 0.05) is 17.1 Å². The molecule has 0 radical (unpaired) electrons. The molecule has 2 rings (SSSR count). The fraction of sp³-hybridized carbons (Fsp3) is 0.467. The van der Waals surface area contributed by atoms with Crippen molar-refractivity contribution in [1.29, 1.82) is 0 Å². The monoisotopic (exact) mass is 264 g/mol. The lowest BCUT2D eigenvalue weighted by atomic mass is 10.2. The summed E-state index contributed by atoms with van der Waals surface area (Å²) in [7, 11) is 1.99. The van der Waals surface area contributed by atoms with Gasteiger partial charge in [-0.2, -0.15) is 0 Å². The molecule has 0 atom stereocenters. The molecule has 2 nitrogen and oxygen atoms in total. The second-order valence-corrected chi connectivity index (χ2v) is 5.39. The summed E-state index contributed by atoms with van der Waals surface area (Å²) in [5.41, 5.74) is 2.55. The first-order valence-corrected chi connectivity index (χ1v) is 6.96. The average Bonchev–Trinajstić information content (AvgIpc) is 2.69. The van der Waals surface area contributed by atoms with Gasteiger partial charge in [0.15, 0.2) is 0 Å². The Kier molecular flexibility index (Phi) is 4.31. The highest BCUT2D eigenvalue weighted by molar-refractivity contribution is 6.35. The van der Waals surface area contributed by atoms with E-state index in [-0.39, 0.29) is 0 Å². The van der Waals surface area contributed by atoms with Gasteiger partial charge in [-0.25, -0.2) is 0 Å². The zero-order valence-corrected chi connectivity index (χ0v) is 12.1. The number of para-hydroxylation sites is 1. The van der Waals surface area contributed by atoms with Gasteiger partial charge in [0.2, 0.25) is 0 Å². The van der Waals surface area contributed by atoms with E-state index in [0.717, 1.165) is 24.4 Å². The Bertz CT molecular complexity index is 529. The maximum absolute atomic E-state index is 6.35. The molecule has 1 aromatic carbocycles. The van der Waals surface area contributed by atoms with Crippen molar-refractivity contribution in [3.8, 4) is 0 Å². The van der Waals surface area contributed by atoms with Crippen LogP contribution in [0.1, 0.15) is 32.0 Å². The Labute approximate surface area is 114 Å². The molecule has 0 spiro atoms. The third kappa shape index (κ3) is 2.55. The van der Waals surface area contributed by atoms with E-state index in [9.17, 15) is 0 Å². The molecule has 98 valence electrons. The van der Waals surface area contributed by atoms with Crippen molar-refractivity contribution in [3.05, 3.63) is 35.0 Å². The Morgan fingerprint density at radius 3 is 2.78 bits per heavy atom. The Hall–Kier alpha value is -0.990. The van der Waals surface area contributed by atoms with Gasteiger partial charge in [-0.3, -0.25) is 0 Å². The molecule has 0 fully saturated rings. The summed E-state index contributed by atoms with van der Waals surface area (Å²) in [6, 6.07) is 8.85. The van der Waals surface area contributed by atoms with Gasteiger partial charge in [-0.1, -0.05) is 23.7 Å². The normalized spacial score (nSPS) is 11.6. The van der Waals surface area contributed by atoms with Crippen molar-refractivity contribution in [3.63, 3.8) is 0 Å². The van der Waals surface area contributed by atoms with Crippen molar-refractivity contribution in [1.82, 2.24) is 9.88 Å². The first kappa shape index (κ1) is 13.4. The van der Waals surface area contributed by atoms with E-state index in [2.05, 4.69) is 35.9 Å². The fourth-order valence-corrected chi connectivity index (χ4v) is 2.80. The van der Waals surface area contributed by atoms with E-state index in [1.54, 1.807) is 0 Å². The van der Waals surface area contributed by atoms with Crippen LogP contribution in [0.15, 0.2) is 24.3 Å². The van der Waals surface area contributed by atoms with Crippen LogP contribution in [0.25, 0.3) is 10.9 Å². The van der Waals surface area contributed by atoms with Crippen LogP contribution in [-0.2, 0) is 6.42 Å². The summed E-state index contributed by atoms with van der Waals surface area (Å²) in [5, 5.41) is 5.29. The summed E-state index contributed by atoms with van der Waals surface area (Å²) < 4.78 is 2.37. The zero-order chi connectivity index (χ0) is 13.1. The molecule has 1 aromatic heterocycles. The highest BCUT2D eigenvalue weighted by Gasteiger charge is 2.13. The van der Waals surface area contributed by atoms with Crippen molar-refractivity contribution < 1.29 is 0 Å². The molecule has 0 bridgehead atoms. The van der Waals surface area contributed by atoms with Crippen LogP contribution in [0.4, 0.5) is 0 Å². The number of hydrogen-bond acceptors (Lipinski definition) is 1. The first-order valence-electron chi connectivity index (χ1n) is 6.58. The Balaban J connectivity index is 2.45. The summed E-state index contributed by atoms with van der Waals surface area (Å²) in [6.07, 6.45) is 2.24. The quantitative estimate of drug-likeness (QED) is 0.807. The van der Waals surface area contributed by atoms with Gasteiger partial charge in [0.05, 0.1) is 10.5 Å². The molecular formula is C15H21ClN2. The Morgan fingerprint density at radius 1 is 1.33 bits per heavy atom. The molecular weight excluding hydrogens is 244 g/mol. The van der Waals surface area contributed by atoms with Crippen LogP contribution in [0.2, 0.25) is 5.02 Å². The number of aryl methyl sites for hydroxylation is 1. The molecule has 3 heteroatoms. The summed E-state index contributed by atoms with van der Waals surface area (Å²) in [4.78, 5) is 0. The number of nitrogens with zero attached hydrogens (tertiary/aromatic N) is 1. The van der Waals surface area contributed by atoms with Gasteiger partial charge < -0.3 is 9.88 Å². The van der Waals surface area contributed by atoms with Gasteiger partial charge >= 0.3 is 0 Å². The molecule has 0 saturated heterocycles. The second kappa shape index (κ2) is 5.77. The predicted octanol–water partition coefficient (Wildman–Crippen LogP) is 4.03. The summed E-state index contributed by atoms with van der Waals surface area (Å²) in [5.74, 6) is 0. The average molecular weight is 265 g/mol. The van der Waals surface area contributed by atoms with E-state index in [1.807, 2.05) is 19.2 Å². The SMILES string of the molecule is CNCCCc1cc2cccc(Cl)c2n1C(C)C. The Morgan fingerprint density at radius 2 is 2.11 bits per heavy atom. The van der Waals surface area contributed by atoms with Crippen LogP contribution >= 0.6 is 11.6 Å². The number of nitrogens with one attached hydrogen (secondary N) is 1. The largest absolute Gasteiger partial charge is 0.341 e. The van der Waals surface area contributed by atoms with E-state index in [1.165, 1.54) is 16.6 Å². The third-order valence-electron chi connectivity index (χ3n) is 3.27. The van der Waals surface area contributed by atoms with Crippen molar-refractivity contribution >= 4 is 22.5 Å². The van der Waals surface area contributed by atoms with Crippen LogP contribution in [0.3, 0.4) is 0 Å². The number of hydrogen-bond donors (Lipinski definition) is 1. The van der Waals surface area contributed by atoms with Crippen LogP contribution in [0, 0.1) is 0 Å². The van der Waals surface area contributed by atoms with E-state index in [4.69, 9.17) is 11.6 Å². The molecule has 0 aliphatic carbocycles. The van der Waals surface area contributed by atoms with Gasteiger partial charge in [0.25, 0.3) is 0 Å². The first-order chi connectivity index (χ1) is 8.65. The topological polar surface area (TPSA) is 17.0 Å². The van der Waals surface area contributed by atoms with Crippen LogP contribution in [0.5, 0.6) is 0 Å². The minimum atomic E-state index is 0.437. The molecule has 0 unspecified atom stereocenters. The molecule has 0 amide bonds. The summed E-state index contributed by atoms with van der Waals surface area (Å²) >= 11 is 6.35. The van der Waals surface area contributed by atoms with Gasteiger partial charge in [0.1, 0.15) is 0 Å². The van der Waals surface area contributed by atoms with Crippen LogP contribution in [-0.4, -0.2) is 18.2 Å². The zero-order valence-electron chi connectivity index (χ0n) is 11.3. The van der Waals surface area contributed by atoms with Crippen molar-refractivity contribution in [2.45, 2.75) is 32.7 Å². The highest BCUT2D eigenvalue weighted by Crippen LogP contribution is 2.30. The smallest absolute Gasteiger partial charge is 0.0674 e. The molecule has 1 heterocycles. The van der Waals surface area contributed by atoms with Gasteiger partial charge in [-0.15, -0.1) is 0 Å². The van der Waals surface area contributed by atoms with E-state index >= 15 is 0 Å². The molecule has 1 N–H and O–H groups in total. The lowest BCUT2D eigenvalue weighted by Gasteiger charge is -2.15. The lowest BCUT2D eigenvalue weighted by Crippen LogP contribution is -2.11. The molecule has 18 heavy (non-hydrogen) atoms. The molecule has 0 saturated carbocycles. The van der Waals surface area contributed by atoms with Gasteiger partial charge in [-0.05, 0) is 52.4 Å². The number of halogens is 1. The minimum absolute atomic E-state index is 0.437. The lowest BCUT2D eigenvalue weighted by molar-refractivity contribution is 0.582. The summed E-state index contributed by atoms with van der Waals surface area (Å²) in [6.45, 7) is 5.47. The highest BCUT2D eigenvalue weighted by atomic mass is 35.5. The van der Waals surface area contributed by atoms with Crippen LogP contribution < -0.4 is 5.32 Å². The number of fused-ring (bicyclic) bond motifs is 1. The standard InChI is InChI=1S/C15H21ClN2/c1-11(2)18-13(7-5-9-17-3)10-12-6-4-8-14(16)15(12)18/h4,6,8,10-11,17H,5,7,9H2,1-3H3. The molecule has 0 aliphatic rings. The fourth-order valence-electron chi connectivity index (χ4n) is 2.52. The number of benzene rings is 1. The van der Waals surface area contributed by atoms with Crippen molar-refractivity contribution in [2.24, 2.45) is 0 Å².